The van der Waals surface area contributed by atoms with Crippen LogP contribution in [0.4, 0.5) is 0 Å². The number of amides is 1. The Balaban J connectivity index is 1.56. The first-order valence-corrected chi connectivity index (χ1v) is 13.8. The zero-order chi connectivity index (χ0) is 27.7. The zero-order valence-corrected chi connectivity index (χ0v) is 23.1. The van der Waals surface area contributed by atoms with E-state index < -0.39 is 17.7 Å². The van der Waals surface area contributed by atoms with E-state index in [9.17, 15) is 14.7 Å². The second-order valence-electron chi connectivity index (χ2n) is 11.0. The molecule has 2 fully saturated rings. The van der Waals surface area contributed by atoms with E-state index in [1.54, 1.807) is 31.4 Å². The molecule has 3 unspecified atom stereocenters. The highest BCUT2D eigenvalue weighted by Gasteiger charge is 2.47. The molecule has 2 saturated heterocycles. The number of carbonyl (C=O) groups excluding carboxylic acids is 2. The van der Waals surface area contributed by atoms with Gasteiger partial charge in [-0.3, -0.25) is 9.59 Å². The Morgan fingerprint density at radius 1 is 1.15 bits per heavy atom. The number of hydrogen-bond acceptors (Lipinski definition) is 7. The highest BCUT2D eigenvalue weighted by atomic mass is 16.5. The SMILES string of the molecule is COc1cc(C2/C(=C(\O)c3ccc4c(c3)CC(C)O4)C(=O)C(=O)N2CC2CCCO2)ccc1OCCC(C)C. The maximum atomic E-state index is 13.5. The smallest absolute Gasteiger partial charge is 0.295 e. The summed E-state index contributed by atoms with van der Waals surface area (Å²) in [6.07, 6.45) is 3.21. The van der Waals surface area contributed by atoms with Gasteiger partial charge >= 0.3 is 0 Å². The molecule has 3 heterocycles. The number of aliphatic hydroxyl groups is 1. The predicted molar refractivity (Wildman–Crippen MR) is 146 cm³/mol. The molecule has 2 aromatic rings. The third-order valence-corrected chi connectivity index (χ3v) is 7.59. The number of likely N-dealkylation sites (tertiary alicyclic amines) is 1. The molecule has 3 atom stereocenters. The van der Waals surface area contributed by atoms with Crippen molar-refractivity contribution in [2.75, 3.05) is 26.9 Å². The molecule has 0 aliphatic carbocycles. The summed E-state index contributed by atoms with van der Waals surface area (Å²) in [5.41, 5.74) is 2.15. The van der Waals surface area contributed by atoms with Gasteiger partial charge in [0.2, 0.25) is 0 Å². The minimum absolute atomic E-state index is 0.0446. The summed E-state index contributed by atoms with van der Waals surface area (Å²) < 4.78 is 23.2. The summed E-state index contributed by atoms with van der Waals surface area (Å²) >= 11 is 0. The lowest BCUT2D eigenvalue weighted by Gasteiger charge is -2.28. The Labute approximate surface area is 229 Å². The van der Waals surface area contributed by atoms with Crippen molar-refractivity contribution >= 4 is 17.4 Å². The molecule has 208 valence electrons. The van der Waals surface area contributed by atoms with E-state index in [1.807, 2.05) is 19.1 Å². The normalized spacial score (nSPS) is 23.8. The van der Waals surface area contributed by atoms with E-state index >= 15 is 0 Å². The van der Waals surface area contributed by atoms with Crippen LogP contribution in [0.25, 0.3) is 5.76 Å². The minimum Gasteiger partial charge on any atom is -0.507 e. The van der Waals surface area contributed by atoms with Crippen LogP contribution >= 0.6 is 0 Å². The summed E-state index contributed by atoms with van der Waals surface area (Å²) in [6, 6.07) is 9.99. The van der Waals surface area contributed by atoms with Crippen molar-refractivity contribution < 1.29 is 33.6 Å². The molecule has 2 aromatic carbocycles. The second-order valence-corrected chi connectivity index (χ2v) is 11.0. The van der Waals surface area contributed by atoms with Gasteiger partial charge in [-0.1, -0.05) is 19.9 Å². The molecule has 1 amide bonds. The molecule has 0 radical (unpaired) electrons. The summed E-state index contributed by atoms with van der Waals surface area (Å²) in [5, 5.41) is 11.5. The standard InChI is InChI=1S/C31H37NO7/c1-18(2)11-13-38-25-10-7-20(16-26(25)36-4)28-27(30(34)31(35)32(28)17-23-6-5-12-37-23)29(33)21-8-9-24-22(15-21)14-19(3)39-24/h7-10,15-16,18-19,23,28,33H,5-6,11-14,17H2,1-4H3/b29-27+. The van der Waals surface area contributed by atoms with Gasteiger partial charge in [0, 0.05) is 25.1 Å². The van der Waals surface area contributed by atoms with Crippen LogP contribution in [0.1, 0.15) is 62.8 Å². The molecule has 8 heteroatoms. The Kier molecular flexibility index (Phi) is 7.84. The van der Waals surface area contributed by atoms with E-state index in [0.717, 1.165) is 30.6 Å². The summed E-state index contributed by atoms with van der Waals surface area (Å²) in [7, 11) is 1.56. The average molecular weight is 536 g/mol. The fraction of sp³-hybridized carbons (Fsp3) is 0.484. The Morgan fingerprint density at radius 3 is 2.69 bits per heavy atom. The molecule has 5 rings (SSSR count). The Hall–Kier alpha value is -3.52. The first kappa shape index (κ1) is 27.1. The lowest BCUT2D eigenvalue weighted by atomic mass is 9.94. The molecule has 8 nitrogen and oxygen atoms in total. The van der Waals surface area contributed by atoms with Gasteiger partial charge in [-0.2, -0.15) is 0 Å². The zero-order valence-electron chi connectivity index (χ0n) is 23.1. The summed E-state index contributed by atoms with van der Waals surface area (Å²) in [6.45, 7) is 7.69. The molecule has 0 bridgehead atoms. The summed E-state index contributed by atoms with van der Waals surface area (Å²) in [4.78, 5) is 28.4. The molecular weight excluding hydrogens is 498 g/mol. The Morgan fingerprint density at radius 2 is 1.97 bits per heavy atom. The molecule has 0 aromatic heterocycles. The van der Waals surface area contributed by atoms with Crippen molar-refractivity contribution in [3.63, 3.8) is 0 Å². The maximum absolute atomic E-state index is 13.5. The third-order valence-electron chi connectivity index (χ3n) is 7.59. The van der Waals surface area contributed by atoms with Crippen LogP contribution in [0.2, 0.25) is 0 Å². The highest BCUT2D eigenvalue weighted by molar-refractivity contribution is 6.46. The van der Waals surface area contributed by atoms with Gasteiger partial charge in [0.1, 0.15) is 17.6 Å². The fourth-order valence-corrected chi connectivity index (χ4v) is 5.53. The first-order valence-electron chi connectivity index (χ1n) is 13.8. The van der Waals surface area contributed by atoms with Crippen LogP contribution < -0.4 is 14.2 Å². The van der Waals surface area contributed by atoms with Crippen molar-refractivity contribution in [1.82, 2.24) is 4.90 Å². The van der Waals surface area contributed by atoms with E-state index in [-0.39, 0.29) is 30.1 Å². The molecule has 1 N–H and O–H groups in total. The van der Waals surface area contributed by atoms with Crippen LogP contribution in [-0.2, 0) is 20.7 Å². The van der Waals surface area contributed by atoms with Crippen molar-refractivity contribution in [2.24, 2.45) is 5.92 Å². The number of nitrogens with zero attached hydrogens (tertiary/aromatic N) is 1. The maximum Gasteiger partial charge on any atom is 0.295 e. The van der Waals surface area contributed by atoms with Crippen molar-refractivity contribution in [3.05, 3.63) is 58.7 Å². The lowest BCUT2D eigenvalue weighted by molar-refractivity contribution is -0.140. The van der Waals surface area contributed by atoms with Crippen LogP contribution in [0.3, 0.4) is 0 Å². The number of ketones is 1. The quantitative estimate of drug-likeness (QED) is 0.273. The largest absolute Gasteiger partial charge is 0.507 e. The number of fused-ring (bicyclic) bond motifs is 1. The molecule has 3 aliphatic rings. The topological polar surface area (TPSA) is 94.5 Å². The molecule has 0 spiro atoms. The van der Waals surface area contributed by atoms with Crippen LogP contribution in [-0.4, -0.2) is 60.8 Å². The van der Waals surface area contributed by atoms with Gasteiger partial charge in [-0.05, 0) is 73.6 Å². The van der Waals surface area contributed by atoms with E-state index in [2.05, 4.69) is 13.8 Å². The molecular formula is C31H37NO7. The minimum atomic E-state index is -0.795. The number of rotatable bonds is 9. The number of methoxy groups -OCH3 is 1. The number of ether oxygens (including phenoxy) is 4. The van der Waals surface area contributed by atoms with Gasteiger partial charge in [-0.25, -0.2) is 0 Å². The average Bonchev–Trinajstić information content (AvgIpc) is 3.62. The van der Waals surface area contributed by atoms with Gasteiger partial charge in [0.25, 0.3) is 11.7 Å². The molecule has 3 aliphatic heterocycles. The van der Waals surface area contributed by atoms with Gasteiger partial charge in [-0.15, -0.1) is 0 Å². The molecule has 39 heavy (non-hydrogen) atoms. The number of carbonyl (C=O) groups is 2. The summed E-state index contributed by atoms with van der Waals surface area (Å²) in [5.74, 6) is 0.803. The Bertz CT molecular complexity index is 1280. The monoisotopic (exact) mass is 535 g/mol. The second kappa shape index (κ2) is 11.3. The number of Topliss-reactive ketones (excluding diaryl/α,β-unsaturated/α-hetero) is 1. The highest BCUT2D eigenvalue weighted by Crippen LogP contribution is 2.43. The van der Waals surface area contributed by atoms with Crippen molar-refractivity contribution in [1.29, 1.82) is 0 Å². The number of benzene rings is 2. The number of hydrogen-bond donors (Lipinski definition) is 1. The predicted octanol–water partition coefficient (Wildman–Crippen LogP) is 5.04. The van der Waals surface area contributed by atoms with E-state index in [1.165, 1.54) is 4.90 Å². The van der Waals surface area contributed by atoms with E-state index in [4.69, 9.17) is 18.9 Å². The van der Waals surface area contributed by atoms with Crippen LogP contribution in [0.5, 0.6) is 17.2 Å². The fourth-order valence-electron chi connectivity index (χ4n) is 5.53. The van der Waals surface area contributed by atoms with Gasteiger partial charge < -0.3 is 29.0 Å². The lowest BCUT2D eigenvalue weighted by Crippen LogP contribution is -2.36. The van der Waals surface area contributed by atoms with Crippen molar-refractivity contribution in [3.8, 4) is 17.2 Å². The van der Waals surface area contributed by atoms with Gasteiger partial charge in [0.15, 0.2) is 11.5 Å². The van der Waals surface area contributed by atoms with Crippen LogP contribution in [0, 0.1) is 5.92 Å². The number of aliphatic hydroxyl groups excluding tert-OH is 1. The van der Waals surface area contributed by atoms with Crippen molar-refractivity contribution in [2.45, 2.75) is 64.7 Å². The van der Waals surface area contributed by atoms with Crippen LogP contribution in [0.15, 0.2) is 42.0 Å². The molecule has 0 saturated carbocycles. The van der Waals surface area contributed by atoms with E-state index in [0.29, 0.717) is 48.2 Å². The first-order chi connectivity index (χ1) is 18.8. The van der Waals surface area contributed by atoms with Gasteiger partial charge in [0.05, 0.1) is 31.4 Å². The third kappa shape index (κ3) is 5.48.